The minimum absolute atomic E-state index is 0.119. The summed E-state index contributed by atoms with van der Waals surface area (Å²) < 4.78 is 40.5. The van der Waals surface area contributed by atoms with Crippen LogP contribution >= 0.6 is 11.6 Å². The van der Waals surface area contributed by atoms with Crippen LogP contribution in [0.2, 0.25) is 5.02 Å². The van der Waals surface area contributed by atoms with Crippen LogP contribution in [0.25, 0.3) is 0 Å². The standard InChI is InChI=1S/C20H21ClF3N3O2/c21-17-3-1-2-4-18(17)25-19(28)14-27-11-9-26(10-12-27)13-15-5-7-16(8-6-15)29-20(22,23)24/h1-8H,9-14H2,(H,25,28). The number of benzene rings is 2. The van der Waals surface area contributed by atoms with Crippen molar-refractivity contribution in [3.63, 3.8) is 0 Å². The maximum Gasteiger partial charge on any atom is 0.573 e. The van der Waals surface area contributed by atoms with Crippen LogP contribution in [0.1, 0.15) is 5.56 Å². The maximum atomic E-state index is 12.2. The number of amides is 1. The quantitative estimate of drug-likeness (QED) is 0.757. The molecule has 1 heterocycles. The Kier molecular flexibility index (Phi) is 7.00. The van der Waals surface area contributed by atoms with Crippen LogP contribution in [-0.4, -0.2) is 54.8 Å². The lowest BCUT2D eigenvalue weighted by Crippen LogP contribution is -2.48. The van der Waals surface area contributed by atoms with Crippen molar-refractivity contribution in [2.24, 2.45) is 0 Å². The molecule has 2 aromatic rings. The van der Waals surface area contributed by atoms with Crippen molar-refractivity contribution in [3.05, 3.63) is 59.1 Å². The monoisotopic (exact) mass is 427 g/mol. The predicted molar refractivity (Wildman–Crippen MR) is 105 cm³/mol. The number of carbonyl (C=O) groups is 1. The van der Waals surface area contributed by atoms with Crippen molar-refractivity contribution < 1.29 is 22.7 Å². The maximum absolute atomic E-state index is 12.2. The summed E-state index contributed by atoms with van der Waals surface area (Å²) in [6.45, 7) is 3.89. The van der Waals surface area contributed by atoms with E-state index in [1.165, 1.54) is 12.1 Å². The number of piperazine rings is 1. The Morgan fingerprint density at radius 3 is 2.24 bits per heavy atom. The van der Waals surface area contributed by atoms with E-state index in [0.29, 0.717) is 17.3 Å². The van der Waals surface area contributed by atoms with Gasteiger partial charge in [-0.05, 0) is 29.8 Å². The van der Waals surface area contributed by atoms with E-state index in [4.69, 9.17) is 11.6 Å². The average Bonchev–Trinajstić information content (AvgIpc) is 2.66. The van der Waals surface area contributed by atoms with Crippen LogP contribution in [0.4, 0.5) is 18.9 Å². The Labute approximate surface area is 172 Å². The van der Waals surface area contributed by atoms with Crippen LogP contribution in [0.5, 0.6) is 5.75 Å². The summed E-state index contributed by atoms with van der Waals surface area (Å²) in [7, 11) is 0. The molecule has 0 atom stereocenters. The van der Waals surface area contributed by atoms with Gasteiger partial charge in [-0.3, -0.25) is 14.6 Å². The first-order valence-electron chi connectivity index (χ1n) is 9.12. The van der Waals surface area contributed by atoms with Gasteiger partial charge in [0.05, 0.1) is 17.3 Å². The lowest BCUT2D eigenvalue weighted by atomic mass is 10.2. The first kappa shape index (κ1) is 21.4. The van der Waals surface area contributed by atoms with Crippen molar-refractivity contribution in [3.8, 4) is 5.75 Å². The smallest absolute Gasteiger partial charge is 0.406 e. The summed E-state index contributed by atoms with van der Waals surface area (Å²) in [4.78, 5) is 16.5. The van der Waals surface area contributed by atoms with Gasteiger partial charge in [0.2, 0.25) is 5.91 Å². The molecule has 1 fully saturated rings. The van der Waals surface area contributed by atoms with Gasteiger partial charge < -0.3 is 10.1 Å². The molecular formula is C20H21ClF3N3O2. The second-order valence-corrected chi connectivity index (χ2v) is 7.18. The third-order valence-electron chi connectivity index (χ3n) is 4.54. The van der Waals surface area contributed by atoms with Gasteiger partial charge in [-0.2, -0.15) is 0 Å². The second-order valence-electron chi connectivity index (χ2n) is 6.77. The number of anilines is 1. The average molecular weight is 428 g/mol. The van der Waals surface area contributed by atoms with E-state index in [-0.39, 0.29) is 18.2 Å². The van der Waals surface area contributed by atoms with E-state index in [1.54, 1.807) is 30.3 Å². The number of halogens is 4. The number of para-hydroxylation sites is 1. The molecule has 0 bridgehead atoms. The number of alkyl halides is 3. The Bertz CT molecular complexity index is 822. The molecule has 0 unspecified atom stereocenters. The Morgan fingerprint density at radius 2 is 1.62 bits per heavy atom. The molecule has 1 aliphatic heterocycles. The van der Waals surface area contributed by atoms with Gasteiger partial charge in [0.15, 0.2) is 0 Å². The summed E-state index contributed by atoms with van der Waals surface area (Å²) >= 11 is 6.05. The number of rotatable bonds is 6. The van der Waals surface area contributed by atoms with Crippen molar-refractivity contribution in [2.75, 3.05) is 38.0 Å². The summed E-state index contributed by atoms with van der Waals surface area (Å²) in [6.07, 6.45) is -4.68. The SMILES string of the molecule is O=C(CN1CCN(Cc2ccc(OC(F)(F)F)cc2)CC1)Nc1ccccc1Cl. The van der Waals surface area contributed by atoms with E-state index < -0.39 is 6.36 Å². The first-order chi connectivity index (χ1) is 13.8. The van der Waals surface area contributed by atoms with Gasteiger partial charge >= 0.3 is 6.36 Å². The fourth-order valence-electron chi connectivity index (χ4n) is 3.12. The van der Waals surface area contributed by atoms with Gasteiger partial charge in [-0.25, -0.2) is 0 Å². The molecule has 5 nitrogen and oxygen atoms in total. The number of nitrogens with one attached hydrogen (secondary N) is 1. The number of ether oxygens (including phenoxy) is 1. The molecule has 3 rings (SSSR count). The van der Waals surface area contributed by atoms with Crippen LogP contribution in [0, 0.1) is 0 Å². The number of nitrogens with zero attached hydrogens (tertiary/aromatic N) is 2. The van der Waals surface area contributed by atoms with Crippen molar-refractivity contribution in [2.45, 2.75) is 12.9 Å². The van der Waals surface area contributed by atoms with Crippen molar-refractivity contribution in [1.82, 2.24) is 9.80 Å². The third-order valence-corrected chi connectivity index (χ3v) is 4.87. The fourth-order valence-corrected chi connectivity index (χ4v) is 3.30. The van der Waals surface area contributed by atoms with E-state index in [2.05, 4.69) is 19.9 Å². The Hall–Kier alpha value is -2.29. The Morgan fingerprint density at radius 1 is 1.00 bits per heavy atom. The van der Waals surface area contributed by atoms with Gasteiger partial charge in [0.25, 0.3) is 0 Å². The zero-order valence-electron chi connectivity index (χ0n) is 15.6. The molecule has 0 aliphatic carbocycles. The lowest BCUT2D eigenvalue weighted by Gasteiger charge is -2.34. The van der Waals surface area contributed by atoms with Gasteiger partial charge in [-0.15, -0.1) is 13.2 Å². The summed E-state index contributed by atoms with van der Waals surface area (Å²) in [5, 5.41) is 3.31. The van der Waals surface area contributed by atoms with Gasteiger partial charge in [0, 0.05) is 32.7 Å². The van der Waals surface area contributed by atoms with Crippen LogP contribution in [-0.2, 0) is 11.3 Å². The van der Waals surface area contributed by atoms with Crippen LogP contribution < -0.4 is 10.1 Å². The largest absolute Gasteiger partial charge is 0.573 e. The minimum Gasteiger partial charge on any atom is -0.406 e. The van der Waals surface area contributed by atoms with E-state index in [0.717, 1.165) is 31.7 Å². The molecule has 0 saturated carbocycles. The highest BCUT2D eigenvalue weighted by Crippen LogP contribution is 2.23. The molecule has 1 aliphatic rings. The molecule has 156 valence electrons. The highest BCUT2D eigenvalue weighted by Gasteiger charge is 2.31. The molecule has 2 aromatic carbocycles. The summed E-state index contributed by atoms with van der Waals surface area (Å²) in [6, 6.07) is 13.0. The third kappa shape index (κ3) is 6.92. The topological polar surface area (TPSA) is 44.8 Å². The minimum atomic E-state index is -4.68. The molecule has 0 spiro atoms. The highest BCUT2D eigenvalue weighted by atomic mass is 35.5. The first-order valence-corrected chi connectivity index (χ1v) is 9.50. The Balaban J connectivity index is 1.42. The van der Waals surface area contributed by atoms with E-state index in [9.17, 15) is 18.0 Å². The number of hydrogen-bond donors (Lipinski definition) is 1. The zero-order valence-corrected chi connectivity index (χ0v) is 16.3. The van der Waals surface area contributed by atoms with Crippen LogP contribution in [0.15, 0.2) is 48.5 Å². The lowest BCUT2D eigenvalue weighted by molar-refractivity contribution is -0.274. The molecule has 0 aromatic heterocycles. The molecule has 29 heavy (non-hydrogen) atoms. The van der Waals surface area contributed by atoms with Crippen LogP contribution in [0.3, 0.4) is 0 Å². The second kappa shape index (κ2) is 9.47. The number of carbonyl (C=O) groups excluding carboxylic acids is 1. The molecule has 1 amide bonds. The summed E-state index contributed by atoms with van der Waals surface area (Å²) in [5.74, 6) is -0.345. The predicted octanol–water partition coefficient (Wildman–Crippen LogP) is 3.99. The van der Waals surface area contributed by atoms with E-state index in [1.807, 2.05) is 6.07 Å². The van der Waals surface area contributed by atoms with Crippen molar-refractivity contribution >= 4 is 23.2 Å². The fraction of sp³-hybridized carbons (Fsp3) is 0.350. The van der Waals surface area contributed by atoms with Gasteiger partial charge in [-0.1, -0.05) is 35.9 Å². The summed E-state index contributed by atoms with van der Waals surface area (Å²) in [5.41, 5.74) is 1.50. The van der Waals surface area contributed by atoms with E-state index >= 15 is 0 Å². The number of hydrogen-bond acceptors (Lipinski definition) is 4. The molecular weight excluding hydrogens is 407 g/mol. The molecule has 9 heteroatoms. The highest BCUT2D eigenvalue weighted by molar-refractivity contribution is 6.33. The zero-order chi connectivity index (χ0) is 20.9. The molecule has 0 radical (unpaired) electrons. The normalized spacial score (nSPS) is 15.9. The van der Waals surface area contributed by atoms with Crippen molar-refractivity contribution in [1.29, 1.82) is 0 Å². The molecule has 1 saturated heterocycles. The van der Waals surface area contributed by atoms with Gasteiger partial charge in [0.1, 0.15) is 5.75 Å². The molecule has 1 N–H and O–H groups in total.